The minimum Gasteiger partial charge on any atom is -0.493 e. The maximum Gasteiger partial charge on any atom is 0.119 e. The van der Waals surface area contributed by atoms with Crippen molar-refractivity contribution < 1.29 is 4.74 Å². The first-order chi connectivity index (χ1) is 12.7. The molecule has 3 aliphatic rings. The van der Waals surface area contributed by atoms with Crippen molar-refractivity contribution in [3.63, 3.8) is 0 Å². The highest BCUT2D eigenvalue weighted by Gasteiger charge is 2.48. The molecule has 1 heteroatoms. The van der Waals surface area contributed by atoms with Gasteiger partial charge in [-0.25, -0.2) is 0 Å². The molecule has 0 unspecified atom stereocenters. The number of rotatable bonds is 10. The molecule has 2 bridgehead atoms. The van der Waals surface area contributed by atoms with E-state index in [1.165, 1.54) is 64.2 Å². The molecule has 0 amide bonds. The molecule has 3 saturated carbocycles. The number of allylic oxidation sites excluding steroid dienone is 1. The van der Waals surface area contributed by atoms with Gasteiger partial charge in [0.1, 0.15) is 5.75 Å². The van der Waals surface area contributed by atoms with Crippen LogP contribution in [0.3, 0.4) is 0 Å². The molecule has 3 aliphatic carbocycles. The van der Waals surface area contributed by atoms with Gasteiger partial charge in [0, 0.05) is 0 Å². The van der Waals surface area contributed by atoms with Gasteiger partial charge in [-0.15, -0.1) is 0 Å². The summed E-state index contributed by atoms with van der Waals surface area (Å²) in [6.07, 6.45) is 20.8. The molecule has 3 fully saturated rings. The van der Waals surface area contributed by atoms with Crippen LogP contribution < -0.4 is 4.74 Å². The lowest BCUT2D eigenvalue weighted by molar-refractivity contribution is 0.0305. The van der Waals surface area contributed by atoms with Gasteiger partial charge in [0.05, 0.1) is 6.61 Å². The molecule has 0 radical (unpaired) electrons. The first-order valence-electron chi connectivity index (χ1n) is 11.1. The first kappa shape index (κ1) is 19.5. The monoisotopic (exact) mass is 354 g/mol. The highest BCUT2D eigenvalue weighted by molar-refractivity contribution is 5.34. The molecule has 26 heavy (non-hydrogen) atoms. The van der Waals surface area contributed by atoms with E-state index in [1.807, 2.05) is 0 Å². The van der Waals surface area contributed by atoms with Crippen LogP contribution in [0.4, 0.5) is 0 Å². The van der Waals surface area contributed by atoms with Crippen molar-refractivity contribution in [1.29, 1.82) is 0 Å². The van der Waals surface area contributed by atoms with Crippen LogP contribution in [0.25, 0.3) is 0 Å². The van der Waals surface area contributed by atoms with E-state index in [2.05, 4.69) is 50.3 Å². The summed E-state index contributed by atoms with van der Waals surface area (Å²) < 4.78 is 5.89. The number of fused-ring (bicyclic) bond motifs is 3. The van der Waals surface area contributed by atoms with Gasteiger partial charge in [0.2, 0.25) is 0 Å². The van der Waals surface area contributed by atoms with Crippen molar-refractivity contribution in [2.45, 2.75) is 96.3 Å². The number of hydrogen-bond acceptors (Lipinski definition) is 1. The van der Waals surface area contributed by atoms with E-state index in [0.29, 0.717) is 10.8 Å². The standard InChI is InChI=1S/C25H38O/c1-3-5-7-9-21-26-23-12-10-22(11-13-23)25-18-15-24(16-19-25,17-20-25)14-8-6-4-2/h5,7,10-13H,3-4,6,8-9,14-21H2,1-2H3. The predicted octanol–water partition coefficient (Wildman–Crippen LogP) is 7.59. The number of ether oxygens (including phenoxy) is 1. The van der Waals surface area contributed by atoms with Crippen molar-refractivity contribution in [1.82, 2.24) is 0 Å². The molecule has 0 N–H and O–H groups in total. The third kappa shape index (κ3) is 4.53. The molecule has 0 saturated heterocycles. The molecule has 0 atom stereocenters. The molecular formula is C25H38O. The molecule has 1 nitrogen and oxygen atoms in total. The second-order valence-electron chi connectivity index (χ2n) is 8.78. The van der Waals surface area contributed by atoms with E-state index in [4.69, 9.17) is 4.74 Å². The average molecular weight is 355 g/mol. The maximum atomic E-state index is 5.89. The van der Waals surface area contributed by atoms with E-state index < -0.39 is 0 Å². The summed E-state index contributed by atoms with van der Waals surface area (Å²) in [5.41, 5.74) is 2.73. The fraction of sp³-hybridized carbons (Fsp3) is 0.680. The van der Waals surface area contributed by atoms with Gasteiger partial charge >= 0.3 is 0 Å². The molecule has 4 rings (SSSR count). The lowest BCUT2D eigenvalue weighted by Gasteiger charge is -2.54. The van der Waals surface area contributed by atoms with Gasteiger partial charge in [-0.3, -0.25) is 0 Å². The SMILES string of the molecule is CCC=CCCOc1ccc(C23CCC(CCCCC)(CC2)CC3)cc1. The van der Waals surface area contributed by atoms with Gasteiger partial charge in [-0.1, -0.05) is 57.4 Å². The molecule has 0 spiro atoms. The minimum atomic E-state index is 0.467. The fourth-order valence-electron chi connectivity index (χ4n) is 5.26. The zero-order valence-corrected chi connectivity index (χ0v) is 17.1. The zero-order valence-electron chi connectivity index (χ0n) is 17.1. The number of hydrogen-bond donors (Lipinski definition) is 0. The summed E-state index contributed by atoms with van der Waals surface area (Å²) in [4.78, 5) is 0. The van der Waals surface area contributed by atoms with Crippen molar-refractivity contribution in [2.75, 3.05) is 6.61 Å². The second kappa shape index (κ2) is 9.11. The summed E-state index contributed by atoms with van der Waals surface area (Å²) in [7, 11) is 0. The zero-order chi connectivity index (χ0) is 18.3. The molecule has 1 aromatic carbocycles. The molecule has 0 aliphatic heterocycles. The Morgan fingerprint density at radius 1 is 0.885 bits per heavy atom. The van der Waals surface area contributed by atoms with E-state index in [-0.39, 0.29) is 0 Å². The van der Waals surface area contributed by atoms with Gasteiger partial charge in [0.15, 0.2) is 0 Å². The van der Waals surface area contributed by atoms with E-state index in [0.717, 1.165) is 25.2 Å². The van der Waals surface area contributed by atoms with Crippen LogP contribution in [0.15, 0.2) is 36.4 Å². The quantitative estimate of drug-likeness (QED) is 0.310. The van der Waals surface area contributed by atoms with Gasteiger partial charge in [-0.05, 0) is 86.3 Å². The molecule has 0 aromatic heterocycles. The normalized spacial score (nSPS) is 27.9. The predicted molar refractivity (Wildman–Crippen MR) is 112 cm³/mol. The lowest BCUT2D eigenvalue weighted by atomic mass is 9.51. The Hall–Kier alpha value is -1.24. The van der Waals surface area contributed by atoms with Gasteiger partial charge < -0.3 is 4.74 Å². The fourth-order valence-corrected chi connectivity index (χ4v) is 5.26. The molecule has 0 heterocycles. The van der Waals surface area contributed by atoms with Crippen LogP contribution in [0.5, 0.6) is 5.75 Å². The maximum absolute atomic E-state index is 5.89. The summed E-state index contributed by atoms with van der Waals surface area (Å²) in [5, 5.41) is 0. The highest BCUT2D eigenvalue weighted by Crippen LogP contribution is 2.59. The van der Waals surface area contributed by atoms with Gasteiger partial charge in [-0.2, -0.15) is 0 Å². The van der Waals surface area contributed by atoms with Gasteiger partial charge in [0.25, 0.3) is 0 Å². The summed E-state index contributed by atoms with van der Waals surface area (Å²) in [6, 6.07) is 9.11. The second-order valence-corrected chi connectivity index (χ2v) is 8.78. The number of benzene rings is 1. The number of unbranched alkanes of at least 4 members (excludes halogenated alkanes) is 2. The van der Waals surface area contributed by atoms with E-state index >= 15 is 0 Å². The van der Waals surface area contributed by atoms with E-state index in [1.54, 1.807) is 5.56 Å². The van der Waals surface area contributed by atoms with E-state index in [9.17, 15) is 0 Å². The Morgan fingerprint density at radius 3 is 2.19 bits per heavy atom. The Balaban J connectivity index is 1.53. The van der Waals surface area contributed by atoms with Crippen LogP contribution in [0.1, 0.15) is 96.5 Å². The Bertz CT molecular complexity index is 544. The van der Waals surface area contributed by atoms with Crippen molar-refractivity contribution in [2.24, 2.45) is 5.41 Å². The highest BCUT2D eigenvalue weighted by atomic mass is 16.5. The Labute approximate surface area is 161 Å². The van der Waals surface area contributed by atoms with Crippen LogP contribution in [0, 0.1) is 5.41 Å². The first-order valence-corrected chi connectivity index (χ1v) is 11.1. The Kier molecular flexibility index (Phi) is 6.84. The lowest BCUT2D eigenvalue weighted by Crippen LogP contribution is -2.44. The van der Waals surface area contributed by atoms with Crippen LogP contribution in [-0.2, 0) is 5.41 Å². The average Bonchev–Trinajstić information content (AvgIpc) is 2.70. The molecular weight excluding hydrogens is 316 g/mol. The third-order valence-electron chi connectivity index (χ3n) is 7.13. The van der Waals surface area contributed by atoms with Crippen LogP contribution in [0.2, 0.25) is 0 Å². The third-order valence-corrected chi connectivity index (χ3v) is 7.13. The smallest absolute Gasteiger partial charge is 0.119 e. The van der Waals surface area contributed by atoms with Crippen LogP contribution >= 0.6 is 0 Å². The minimum absolute atomic E-state index is 0.467. The topological polar surface area (TPSA) is 9.23 Å². The van der Waals surface area contributed by atoms with Crippen molar-refractivity contribution >= 4 is 0 Å². The Morgan fingerprint density at radius 2 is 1.58 bits per heavy atom. The molecule has 1 aromatic rings. The van der Waals surface area contributed by atoms with Crippen molar-refractivity contribution in [3.8, 4) is 5.75 Å². The largest absolute Gasteiger partial charge is 0.493 e. The van der Waals surface area contributed by atoms with Crippen molar-refractivity contribution in [3.05, 3.63) is 42.0 Å². The van der Waals surface area contributed by atoms with Crippen LogP contribution in [-0.4, -0.2) is 6.61 Å². The summed E-state index contributed by atoms with van der Waals surface area (Å²) in [6.45, 7) is 5.27. The summed E-state index contributed by atoms with van der Waals surface area (Å²) in [5.74, 6) is 1.02. The molecule has 144 valence electrons. The summed E-state index contributed by atoms with van der Waals surface area (Å²) >= 11 is 0.